The maximum Gasteiger partial charge on any atom is 0.264 e. The molecule has 33 heavy (non-hydrogen) atoms. The lowest BCUT2D eigenvalue weighted by atomic mass is 9.99. The van der Waals surface area contributed by atoms with E-state index in [1.165, 1.54) is 22.0 Å². The molecule has 1 aliphatic heterocycles. The predicted molar refractivity (Wildman–Crippen MR) is 136 cm³/mol. The molecule has 0 aliphatic carbocycles. The Labute approximate surface area is 199 Å². The van der Waals surface area contributed by atoms with Gasteiger partial charge in [0.15, 0.2) is 5.11 Å². The monoisotopic (exact) mass is 483 g/mol. The number of benzene rings is 3. The highest BCUT2D eigenvalue weighted by molar-refractivity contribution is 7.92. The Hall–Kier alpha value is -2.97. The van der Waals surface area contributed by atoms with Crippen molar-refractivity contribution in [2.45, 2.75) is 44.6 Å². The number of nitrogens with zero attached hydrogens (tertiary/aromatic N) is 1. The molecule has 0 unspecified atom stereocenters. The van der Waals surface area contributed by atoms with Gasteiger partial charge in [-0.3, -0.25) is 4.31 Å². The van der Waals surface area contributed by atoms with Gasteiger partial charge in [0.25, 0.3) is 10.0 Å². The number of aryl methyl sites for hydroxylation is 3. The van der Waals surface area contributed by atoms with Crippen LogP contribution in [0.1, 0.15) is 30.0 Å². The predicted octanol–water partition coefficient (Wildman–Crippen LogP) is 5.78. The van der Waals surface area contributed by atoms with E-state index in [4.69, 9.17) is 12.2 Å². The van der Waals surface area contributed by atoms with Gasteiger partial charge in [0.2, 0.25) is 0 Å². The van der Waals surface area contributed by atoms with E-state index in [0.717, 1.165) is 11.3 Å². The summed E-state index contributed by atoms with van der Waals surface area (Å²) in [7, 11) is -3.81. The van der Waals surface area contributed by atoms with E-state index in [0.29, 0.717) is 34.9 Å². The average molecular weight is 484 g/mol. The van der Waals surface area contributed by atoms with Gasteiger partial charge in [-0.25, -0.2) is 12.8 Å². The third-order valence-electron chi connectivity index (χ3n) is 5.94. The van der Waals surface area contributed by atoms with Crippen molar-refractivity contribution in [3.05, 3.63) is 83.2 Å². The molecule has 3 aromatic carbocycles. The summed E-state index contributed by atoms with van der Waals surface area (Å²) in [5, 5.41) is 6.63. The molecule has 4 rings (SSSR count). The highest BCUT2D eigenvalue weighted by Crippen LogP contribution is 2.36. The normalized spacial score (nSPS) is 15.6. The summed E-state index contributed by atoms with van der Waals surface area (Å²) in [5.74, 6) is -0.360. The van der Waals surface area contributed by atoms with Gasteiger partial charge in [-0.1, -0.05) is 6.07 Å². The first-order valence-corrected chi connectivity index (χ1v) is 12.6. The van der Waals surface area contributed by atoms with Gasteiger partial charge >= 0.3 is 0 Å². The van der Waals surface area contributed by atoms with Crippen molar-refractivity contribution in [3.63, 3.8) is 0 Å². The number of hydrogen-bond acceptors (Lipinski definition) is 3. The van der Waals surface area contributed by atoms with Crippen molar-refractivity contribution < 1.29 is 12.8 Å². The largest absolute Gasteiger partial charge is 0.332 e. The number of halogens is 1. The van der Waals surface area contributed by atoms with Crippen LogP contribution in [0.3, 0.4) is 0 Å². The third kappa shape index (κ3) is 4.86. The van der Waals surface area contributed by atoms with E-state index in [-0.39, 0.29) is 16.8 Å². The Morgan fingerprint density at radius 1 is 0.970 bits per heavy atom. The summed E-state index contributed by atoms with van der Waals surface area (Å²) >= 11 is 5.39. The van der Waals surface area contributed by atoms with Gasteiger partial charge in [0.05, 0.1) is 10.6 Å². The molecule has 0 saturated carbocycles. The number of nitrogens with one attached hydrogen (secondary N) is 2. The highest BCUT2D eigenvalue weighted by atomic mass is 32.2. The SMILES string of the molecule is Cc1ccc(NC(=S)Nc2ccc(S(=O)(=O)N3c4ccc(F)cc4CC[C@@H]3C)cc2)cc1C. The van der Waals surface area contributed by atoms with Crippen molar-refractivity contribution in [2.75, 3.05) is 14.9 Å². The lowest BCUT2D eigenvalue weighted by Gasteiger charge is -2.36. The molecule has 1 heterocycles. The minimum Gasteiger partial charge on any atom is -0.332 e. The molecule has 0 saturated heterocycles. The molecule has 0 amide bonds. The Bertz CT molecular complexity index is 1310. The zero-order valence-electron chi connectivity index (χ0n) is 18.7. The number of fused-ring (bicyclic) bond motifs is 1. The first-order chi connectivity index (χ1) is 15.6. The van der Waals surface area contributed by atoms with Crippen molar-refractivity contribution in [1.29, 1.82) is 0 Å². The molecule has 2 N–H and O–H groups in total. The molecule has 0 fully saturated rings. The molecule has 0 aromatic heterocycles. The van der Waals surface area contributed by atoms with E-state index in [2.05, 4.69) is 10.6 Å². The Morgan fingerprint density at radius 3 is 2.33 bits per heavy atom. The number of anilines is 3. The van der Waals surface area contributed by atoms with Crippen LogP contribution >= 0.6 is 12.2 Å². The van der Waals surface area contributed by atoms with E-state index in [1.54, 1.807) is 30.3 Å². The van der Waals surface area contributed by atoms with E-state index >= 15 is 0 Å². The standard InChI is InChI=1S/C25H26FN3O2S2/c1-16-4-8-22(14-17(16)2)28-25(32)27-21-9-11-23(12-10-21)33(30,31)29-18(3)5-6-19-15-20(26)7-13-24(19)29/h4,7-15,18H,5-6H2,1-3H3,(H2,27,28,32)/t18-/m0/s1. The second kappa shape index (κ2) is 9.11. The van der Waals surface area contributed by atoms with Crippen molar-refractivity contribution in [3.8, 4) is 0 Å². The van der Waals surface area contributed by atoms with Crippen molar-refractivity contribution in [2.24, 2.45) is 0 Å². The topological polar surface area (TPSA) is 61.4 Å². The van der Waals surface area contributed by atoms with Crippen LogP contribution in [0.5, 0.6) is 0 Å². The summed E-state index contributed by atoms with van der Waals surface area (Å²) in [6.45, 7) is 5.96. The van der Waals surface area contributed by atoms with Crippen LogP contribution < -0.4 is 14.9 Å². The molecule has 3 aromatic rings. The summed E-state index contributed by atoms with van der Waals surface area (Å²) in [6.07, 6.45) is 1.28. The third-order valence-corrected chi connectivity index (χ3v) is 8.09. The van der Waals surface area contributed by atoms with E-state index < -0.39 is 10.0 Å². The van der Waals surface area contributed by atoms with Gasteiger partial charge in [-0.05, 0) is 117 Å². The van der Waals surface area contributed by atoms with E-state index in [9.17, 15) is 12.8 Å². The van der Waals surface area contributed by atoms with Gasteiger partial charge in [-0.15, -0.1) is 0 Å². The fraction of sp³-hybridized carbons (Fsp3) is 0.240. The first kappa shape index (κ1) is 23.2. The quantitative estimate of drug-likeness (QED) is 0.461. The Morgan fingerprint density at radius 2 is 1.64 bits per heavy atom. The van der Waals surface area contributed by atoms with Crippen molar-refractivity contribution in [1.82, 2.24) is 0 Å². The minimum absolute atomic E-state index is 0.171. The lowest BCUT2D eigenvalue weighted by Crippen LogP contribution is -2.42. The molecule has 0 bridgehead atoms. The van der Waals surface area contributed by atoms with Gasteiger partial charge in [-0.2, -0.15) is 0 Å². The molecule has 5 nitrogen and oxygen atoms in total. The Kier molecular flexibility index (Phi) is 6.41. The Balaban J connectivity index is 1.52. The molecule has 1 atom stereocenters. The van der Waals surface area contributed by atoms with Crippen LogP contribution in [0, 0.1) is 19.7 Å². The van der Waals surface area contributed by atoms with Gasteiger partial charge in [0, 0.05) is 17.4 Å². The molecule has 0 spiro atoms. The number of hydrogen-bond donors (Lipinski definition) is 2. The minimum atomic E-state index is -3.81. The zero-order chi connectivity index (χ0) is 23.8. The zero-order valence-corrected chi connectivity index (χ0v) is 20.4. The van der Waals surface area contributed by atoms with Crippen molar-refractivity contribution >= 4 is 44.4 Å². The summed E-state index contributed by atoms with van der Waals surface area (Å²) in [4.78, 5) is 0.171. The molecule has 0 radical (unpaired) electrons. The van der Waals surface area contributed by atoms with Crippen LogP contribution in [0.25, 0.3) is 0 Å². The second-order valence-electron chi connectivity index (χ2n) is 8.36. The molecule has 1 aliphatic rings. The number of rotatable bonds is 4. The first-order valence-electron chi connectivity index (χ1n) is 10.7. The van der Waals surface area contributed by atoms with Crippen LogP contribution in [-0.4, -0.2) is 19.6 Å². The van der Waals surface area contributed by atoms with Crippen LogP contribution in [0.4, 0.5) is 21.5 Å². The summed E-state index contributed by atoms with van der Waals surface area (Å²) in [6, 6.07) is 16.5. The maximum absolute atomic E-state index is 13.7. The smallest absolute Gasteiger partial charge is 0.264 e. The van der Waals surface area contributed by atoms with Crippen LogP contribution in [0.2, 0.25) is 0 Å². The van der Waals surface area contributed by atoms with Crippen LogP contribution in [-0.2, 0) is 16.4 Å². The molecular formula is C25H26FN3O2S2. The maximum atomic E-state index is 13.7. The van der Waals surface area contributed by atoms with Gasteiger partial charge in [0.1, 0.15) is 5.82 Å². The van der Waals surface area contributed by atoms with Crippen LogP contribution in [0.15, 0.2) is 65.6 Å². The molecule has 8 heteroatoms. The number of sulfonamides is 1. The van der Waals surface area contributed by atoms with Gasteiger partial charge < -0.3 is 10.6 Å². The molecule has 172 valence electrons. The highest BCUT2D eigenvalue weighted by Gasteiger charge is 2.33. The number of thiocarbonyl (C=S) groups is 1. The fourth-order valence-electron chi connectivity index (χ4n) is 3.99. The average Bonchev–Trinajstić information content (AvgIpc) is 2.76. The summed E-state index contributed by atoms with van der Waals surface area (Å²) < 4.78 is 42.0. The fourth-order valence-corrected chi connectivity index (χ4v) is 5.95. The summed E-state index contributed by atoms with van der Waals surface area (Å²) in [5.41, 5.74) is 5.16. The lowest BCUT2D eigenvalue weighted by molar-refractivity contribution is 0.560. The molecular weight excluding hydrogens is 457 g/mol. The second-order valence-corrected chi connectivity index (χ2v) is 10.6. The van der Waals surface area contributed by atoms with E-state index in [1.807, 2.05) is 39.0 Å².